The van der Waals surface area contributed by atoms with Gasteiger partial charge in [-0.2, -0.15) is 0 Å². The maximum atomic E-state index is 10.7. The van der Waals surface area contributed by atoms with E-state index in [4.69, 9.17) is 5.73 Å². The summed E-state index contributed by atoms with van der Waals surface area (Å²) in [5.74, 6) is -1.01. The van der Waals surface area contributed by atoms with Crippen LogP contribution in [-0.4, -0.2) is 17.1 Å². The number of carbonyl (C=O) groups is 2. The van der Waals surface area contributed by atoms with Crippen molar-refractivity contribution in [1.29, 1.82) is 0 Å². The summed E-state index contributed by atoms with van der Waals surface area (Å²) in [5.41, 5.74) is 4.30. The van der Waals surface area contributed by atoms with Gasteiger partial charge in [0.25, 0.3) is 0 Å². The molecule has 0 saturated carbocycles. The molecule has 2 N–H and O–H groups in total. The molecule has 0 rings (SSSR count). The van der Waals surface area contributed by atoms with E-state index in [0.29, 0.717) is 0 Å². The number of Topliss-reactive ketones (excluding diaryl/α,β-unsaturated/α-hetero) is 2. The molecule has 10 heavy (non-hydrogen) atoms. The van der Waals surface area contributed by atoms with Crippen LogP contribution >= 0.6 is 0 Å². The van der Waals surface area contributed by atoms with Gasteiger partial charge >= 0.3 is 0 Å². The first-order valence-electron chi connectivity index (χ1n) is 2.70. The van der Waals surface area contributed by atoms with Crippen LogP contribution in [0.4, 0.5) is 0 Å². The summed E-state index contributed by atoms with van der Waals surface area (Å²) < 4.78 is 0. The smallest absolute Gasteiger partial charge is 0.217 e. The molecule has 1 radical (unpaired) electrons. The van der Waals surface area contributed by atoms with Crippen molar-refractivity contribution < 1.29 is 32.0 Å². The molecule has 0 spiro atoms. The van der Waals surface area contributed by atoms with Crippen LogP contribution in [0.2, 0.25) is 0 Å². The molecule has 0 aromatic rings. The zero-order valence-corrected chi connectivity index (χ0v) is 9.55. The van der Waals surface area contributed by atoms with Gasteiger partial charge in [-0.25, -0.2) is 0 Å². The largest absolute Gasteiger partial charge is 0.319 e. The summed E-state index contributed by atoms with van der Waals surface area (Å²) in [6, 6.07) is 0. The van der Waals surface area contributed by atoms with E-state index in [-0.39, 0.29) is 22.4 Å². The molecule has 0 saturated heterocycles. The standard InChI is InChI=1S/C6H11NO2.Ta/c1-4(8)5(9)6(2,3)7;/h7H2,1-3H3;. The molecule has 0 heterocycles. The second kappa shape index (κ2) is 4.03. The number of nitrogens with two attached hydrogens (primary N) is 1. The van der Waals surface area contributed by atoms with Crippen LogP contribution in [0.1, 0.15) is 20.8 Å². The van der Waals surface area contributed by atoms with Gasteiger partial charge in [0.05, 0.1) is 5.54 Å². The molecule has 0 aromatic heterocycles. The molecular weight excluding hydrogens is 299 g/mol. The molecule has 3 nitrogen and oxygen atoms in total. The minimum atomic E-state index is -1.01. The Kier molecular flexibility index (Phi) is 5.12. The van der Waals surface area contributed by atoms with E-state index in [1.54, 1.807) is 0 Å². The molecule has 0 bridgehead atoms. The van der Waals surface area contributed by atoms with Crippen molar-refractivity contribution >= 4 is 11.6 Å². The average Bonchev–Trinajstić information content (AvgIpc) is 1.62. The number of ketones is 2. The molecular formula is C6H11NO2Ta. The van der Waals surface area contributed by atoms with Crippen molar-refractivity contribution in [2.75, 3.05) is 0 Å². The molecule has 0 atom stereocenters. The summed E-state index contributed by atoms with van der Waals surface area (Å²) in [7, 11) is 0. The summed E-state index contributed by atoms with van der Waals surface area (Å²) in [4.78, 5) is 21.1. The maximum absolute atomic E-state index is 10.7. The fourth-order valence-corrected chi connectivity index (χ4v) is 0.454. The van der Waals surface area contributed by atoms with Gasteiger partial charge in [-0.1, -0.05) is 0 Å². The number of hydrogen-bond donors (Lipinski definition) is 1. The quantitative estimate of drug-likeness (QED) is 0.724. The predicted octanol–water partition coefficient (Wildman–Crippen LogP) is -0.121. The molecule has 0 aliphatic heterocycles. The average molecular weight is 310 g/mol. The molecule has 0 unspecified atom stereocenters. The third-order valence-corrected chi connectivity index (χ3v) is 0.905. The fraction of sp³-hybridized carbons (Fsp3) is 0.667. The molecule has 0 aliphatic carbocycles. The first-order valence-corrected chi connectivity index (χ1v) is 2.70. The predicted molar refractivity (Wildman–Crippen MR) is 34.0 cm³/mol. The van der Waals surface area contributed by atoms with Gasteiger partial charge in [0.1, 0.15) is 0 Å². The minimum Gasteiger partial charge on any atom is -0.319 e. The van der Waals surface area contributed by atoms with Crippen molar-refractivity contribution in [3.63, 3.8) is 0 Å². The number of rotatable bonds is 2. The van der Waals surface area contributed by atoms with E-state index in [1.165, 1.54) is 20.8 Å². The van der Waals surface area contributed by atoms with Gasteiger partial charge in [-0.3, -0.25) is 9.59 Å². The third kappa shape index (κ3) is 3.95. The van der Waals surface area contributed by atoms with Crippen molar-refractivity contribution in [3.8, 4) is 0 Å². The summed E-state index contributed by atoms with van der Waals surface area (Å²) in [6.45, 7) is 4.24. The normalized spacial score (nSPS) is 10.0. The van der Waals surface area contributed by atoms with E-state index in [2.05, 4.69) is 0 Å². The summed E-state index contributed by atoms with van der Waals surface area (Å²) in [6.07, 6.45) is 0. The Morgan fingerprint density at radius 3 is 1.60 bits per heavy atom. The van der Waals surface area contributed by atoms with Gasteiger partial charge in [-0.05, 0) is 13.8 Å². The maximum Gasteiger partial charge on any atom is 0.217 e. The van der Waals surface area contributed by atoms with Crippen LogP contribution in [0.15, 0.2) is 0 Å². The molecule has 0 fully saturated rings. The number of hydrogen-bond acceptors (Lipinski definition) is 3. The SMILES string of the molecule is CC(=O)C(=O)C(C)(C)N.[Ta]. The molecule has 0 aromatic carbocycles. The van der Waals surface area contributed by atoms with Gasteiger partial charge in [0.2, 0.25) is 5.78 Å². The first-order chi connectivity index (χ1) is 3.85. The van der Waals surface area contributed by atoms with Crippen molar-refractivity contribution in [2.45, 2.75) is 26.3 Å². The van der Waals surface area contributed by atoms with E-state index in [0.717, 1.165) is 0 Å². The molecule has 4 heteroatoms. The van der Waals surface area contributed by atoms with E-state index in [9.17, 15) is 9.59 Å². The Labute approximate surface area is 75.9 Å². The first kappa shape index (κ1) is 12.7. The third-order valence-electron chi connectivity index (χ3n) is 0.905. The monoisotopic (exact) mass is 310 g/mol. The topological polar surface area (TPSA) is 60.2 Å². The van der Waals surface area contributed by atoms with E-state index >= 15 is 0 Å². The van der Waals surface area contributed by atoms with Crippen molar-refractivity contribution in [3.05, 3.63) is 0 Å². The van der Waals surface area contributed by atoms with Crippen LogP contribution in [0.5, 0.6) is 0 Å². The van der Waals surface area contributed by atoms with E-state index < -0.39 is 17.1 Å². The Hall–Kier alpha value is 0.0403. The van der Waals surface area contributed by atoms with Crippen LogP contribution < -0.4 is 5.73 Å². The van der Waals surface area contributed by atoms with Crippen LogP contribution in [0.3, 0.4) is 0 Å². The van der Waals surface area contributed by atoms with Crippen LogP contribution in [0, 0.1) is 0 Å². The van der Waals surface area contributed by atoms with Gasteiger partial charge < -0.3 is 5.73 Å². The second-order valence-corrected chi connectivity index (χ2v) is 2.61. The summed E-state index contributed by atoms with van der Waals surface area (Å²) in [5, 5.41) is 0. The van der Waals surface area contributed by atoms with Gasteiger partial charge in [0, 0.05) is 29.3 Å². The van der Waals surface area contributed by atoms with E-state index in [1.807, 2.05) is 0 Å². The Morgan fingerprint density at radius 1 is 1.30 bits per heavy atom. The van der Waals surface area contributed by atoms with Crippen molar-refractivity contribution in [2.24, 2.45) is 5.73 Å². The van der Waals surface area contributed by atoms with Crippen LogP contribution in [-0.2, 0) is 32.0 Å². The molecule has 57 valence electrons. The zero-order valence-electron chi connectivity index (χ0n) is 6.34. The molecule has 0 aliphatic rings. The van der Waals surface area contributed by atoms with Crippen LogP contribution in [0.25, 0.3) is 0 Å². The molecule has 0 amide bonds. The second-order valence-electron chi connectivity index (χ2n) is 2.61. The Bertz CT molecular complexity index is 148. The van der Waals surface area contributed by atoms with Crippen molar-refractivity contribution in [1.82, 2.24) is 0 Å². The van der Waals surface area contributed by atoms with Gasteiger partial charge in [-0.15, -0.1) is 0 Å². The zero-order chi connectivity index (χ0) is 7.65. The minimum absolute atomic E-state index is 0. The number of carbonyl (C=O) groups excluding carboxylic acids is 2. The Balaban J connectivity index is 0. The fourth-order valence-electron chi connectivity index (χ4n) is 0.454. The Morgan fingerprint density at radius 2 is 1.60 bits per heavy atom. The van der Waals surface area contributed by atoms with Gasteiger partial charge in [0.15, 0.2) is 5.78 Å². The summed E-state index contributed by atoms with van der Waals surface area (Å²) >= 11 is 0.